The Hall–Kier alpha value is -4.07. The van der Waals surface area contributed by atoms with Gasteiger partial charge in [-0.05, 0) is 80.8 Å². The van der Waals surface area contributed by atoms with E-state index >= 15 is 0 Å². The molecule has 1 aliphatic heterocycles. The minimum atomic E-state index is -0.825. The molecule has 3 aromatic rings. The molecule has 4 rings (SSSR count). The normalized spacial score (nSPS) is 17.0. The zero-order chi connectivity index (χ0) is 24.6. The first-order valence-electron chi connectivity index (χ1n) is 11.0. The molecule has 2 aromatic carbocycles. The number of Topliss-reactive ketones (excluding diaryl/α,β-unsaturated/α-hetero) is 1. The number of ether oxygens (including phenoxy) is 2. The second-order valence-electron chi connectivity index (χ2n) is 8.85. The van der Waals surface area contributed by atoms with Gasteiger partial charge in [-0.2, -0.15) is 0 Å². The maximum Gasteiger partial charge on any atom is 0.259 e. The third kappa shape index (κ3) is 4.26. The van der Waals surface area contributed by atoms with E-state index in [4.69, 9.17) is 20.9 Å². The monoisotopic (exact) mass is 460 g/mol. The van der Waals surface area contributed by atoms with E-state index in [0.29, 0.717) is 34.0 Å². The van der Waals surface area contributed by atoms with Crippen LogP contribution < -0.4 is 26.3 Å². The van der Waals surface area contributed by atoms with Gasteiger partial charge >= 0.3 is 0 Å². The smallest absolute Gasteiger partial charge is 0.259 e. The van der Waals surface area contributed by atoms with Crippen LogP contribution >= 0.6 is 0 Å². The van der Waals surface area contributed by atoms with Crippen molar-refractivity contribution in [3.8, 4) is 11.5 Å². The molecule has 0 spiro atoms. The van der Waals surface area contributed by atoms with Crippen molar-refractivity contribution in [2.75, 3.05) is 23.4 Å². The van der Waals surface area contributed by atoms with Gasteiger partial charge in [0.2, 0.25) is 0 Å². The van der Waals surface area contributed by atoms with Gasteiger partial charge in [0.1, 0.15) is 29.5 Å². The molecule has 176 valence electrons. The van der Waals surface area contributed by atoms with Crippen molar-refractivity contribution in [1.29, 1.82) is 0 Å². The lowest BCUT2D eigenvalue weighted by Gasteiger charge is -2.36. The van der Waals surface area contributed by atoms with E-state index in [1.807, 2.05) is 27.7 Å². The second-order valence-corrected chi connectivity index (χ2v) is 8.85. The van der Waals surface area contributed by atoms with Gasteiger partial charge in [0.25, 0.3) is 5.91 Å². The van der Waals surface area contributed by atoms with Crippen molar-refractivity contribution >= 4 is 28.9 Å². The average molecular weight is 461 g/mol. The number of aromatic nitrogens is 1. The van der Waals surface area contributed by atoms with Crippen molar-refractivity contribution in [3.05, 3.63) is 70.4 Å². The second kappa shape index (κ2) is 8.70. The molecule has 0 saturated heterocycles. The van der Waals surface area contributed by atoms with E-state index in [9.17, 15) is 9.59 Å². The first-order valence-corrected chi connectivity index (χ1v) is 11.0. The van der Waals surface area contributed by atoms with E-state index in [0.717, 1.165) is 16.7 Å². The number of rotatable bonds is 5. The van der Waals surface area contributed by atoms with Crippen LogP contribution in [0.3, 0.4) is 0 Å². The molecule has 0 saturated carbocycles. The molecule has 2 heterocycles. The number of pyridine rings is 1. The van der Waals surface area contributed by atoms with E-state index < -0.39 is 5.60 Å². The molecule has 8 heteroatoms. The first kappa shape index (κ1) is 23.1. The Morgan fingerprint density at radius 3 is 2.50 bits per heavy atom. The highest BCUT2D eigenvalue weighted by atomic mass is 16.5. The van der Waals surface area contributed by atoms with Crippen LogP contribution in [0.25, 0.3) is 0 Å². The van der Waals surface area contributed by atoms with E-state index in [1.54, 1.807) is 36.4 Å². The number of carbonyl (C=O) groups is 2. The summed E-state index contributed by atoms with van der Waals surface area (Å²) in [4.78, 5) is 29.3. The summed E-state index contributed by atoms with van der Waals surface area (Å²) >= 11 is 0. The maximum absolute atomic E-state index is 13.0. The molecule has 1 aromatic heterocycles. The number of nitrogens with zero attached hydrogens (tertiary/aromatic N) is 1. The number of anilines is 3. The van der Waals surface area contributed by atoms with Crippen LogP contribution in [0.2, 0.25) is 0 Å². The third-order valence-electron chi connectivity index (χ3n) is 6.21. The van der Waals surface area contributed by atoms with Gasteiger partial charge in [0.15, 0.2) is 5.78 Å². The van der Waals surface area contributed by atoms with Crippen LogP contribution in [0.1, 0.15) is 50.8 Å². The van der Waals surface area contributed by atoms with Crippen LogP contribution in [0.15, 0.2) is 42.6 Å². The zero-order valence-electron chi connectivity index (χ0n) is 19.7. The number of nitrogens with one attached hydrogen (secondary N) is 1. The first-order chi connectivity index (χ1) is 16.1. The standard InChI is InChI=1S/C26H28N4O4/c1-14-15(2)23-21(16(3)22(14)27)20(31)12-26(4,34-23)13-33-18-9-7-17(8-10-18)30-25(32)19-6-5-11-29-24(19)28/h5-11H,12-13,27H2,1-4H3,(H2,28,29)(H,30,32). The summed E-state index contributed by atoms with van der Waals surface area (Å²) < 4.78 is 12.3. The molecule has 1 unspecified atom stereocenters. The van der Waals surface area contributed by atoms with Crippen molar-refractivity contribution in [1.82, 2.24) is 4.98 Å². The minimum Gasteiger partial charge on any atom is -0.489 e. The summed E-state index contributed by atoms with van der Waals surface area (Å²) in [6.45, 7) is 7.73. The molecule has 0 fully saturated rings. The molecule has 1 atom stereocenters. The minimum absolute atomic E-state index is 0.00705. The lowest BCUT2D eigenvalue weighted by molar-refractivity contribution is 0.0183. The topological polar surface area (TPSA) is 130 Å². The number of hydrogen-bond donors (Lipinski definition) is 3. The molecule has 0 aliphatic carbocycles. The van der Waals surface area contributed by atoms with Crippen molar-refractivity contribution in [2.45, 2.75) is 39.7 Å². The van der Waals surface area contributed by atoms with Crippen LogP contribution in [0, 0.1) is 20.8 Å². The van der Waals surface area contributed by atoms with Crippen LogP contribution in [0.4, 0.5) is 17.2 Å². The summed E-state index contributed by atoms with van der Waals surface area (Å²) in [5.41, 5.74) is 15.8. The summed E-state index contributed by atoms with van der Waals surface area (Å²) in [6, 6.07) is 10.2. The maximum atomic E-state index is 13.0. The van der Waals surface area contributed by atoms with Gasteiger partial charge in [0, 0.05) is 17.6 Å². The van der Waals surface area contributed by atoms with Crippen molar-refractivity contribution < 1.29 is 19.1 Å². The Bertz CT molecular complexity index is 1290. The van der Waals surface area contributed by atoms with Gasteiger partial charge in [-0.25, -0.2) is 4.98 Å². The molecule has 5 N–H and O–H groups in total. The molecule has 34 heavy (non-hydrogen) atoms. The Balaban J connectivity index is 1.44. The van der Waals surface area contributed by atoms with Gasteiger partial charge in [-0.3, -0.25) is 9.59 Å². The van der Waals surface area contributed by atoms with E-state index in [2.05, 4.69) is 10.3 Å². The number of hydrogen-bond acceptors (Lipinski definition) is 7. The number of ketones is 1. The molecule has 0 bridgehead atoms. The lowest BCUT2D eigenvalue weighted by Crippen LogP contribution is -2.45. The summed E-state index contributed by atoms with van der Waals surface area (Å²) in [6.07, 6.45) is 1.71. The number of amides is 1. The third-order valence-corrected chi connectivity index (χ3v) is 6.21. The Morgan fingerprint density at radius 1 is 1.12 bits per heavy atom. The number of carbonyl (C=O) groups excluding carboxylic acids is 2. The van der Waals surface area contributed by atoms with Gasteiger partial charge in [-0.1, -0.05) is 0 Å². The molecule has 8 nitrogen and oxygen atoms in total. The molecule has 1 aliphatic rings. The van der Waals surface area contributed by atoms with Crippen LogP contribution in [-0.4, -0.2) is 28.9 Å². The van der Waals surface area contributed by atoms with Gasteiger partial charge < -0.3 is 26.3 Å². The highest BCUT2D eigenvalue weighted by Crippen LogP contribution is 2.42. The summed E-state index contributed by atoms with van der Waals surface area (Å²) in [5, 5.41) is 2.78. The van der Waals surface area contributed by atoms with Crippen LogP contribution in [-0.2, 0) is 0 Å². The quantitative estimate of drug-likeness (QED) is 0.486. The average Bonchev–Trinajstić information content (AvgIpc) is 2.81. The molecular weight excluding hydrogens is 432 g/mol. The number of benzene rings is 2. The number of nitrogens with two attached hydrogens (primary N) is 2. The highest BCUT2D eigenvalue weighted by Gasteiger charge is 2.40. The Labute approximate surface area is 198 Å². The van der Waals surface area contributed by atoms with Crippen molar-refractivity contribution in [3.63, 3.8) is 0 Å². The SMILES string of the molecule is Cc1c(C)c2c(c(C)c1N)C(=O)CC(C)(COc1ccc(NC(=O)c3cccnc3N)cc1)O2. The largest absolute Gasteiger partial charge is 0.489 e. The fourth-order valence-electron chi connectivity index (χ4n) is 4.08. The molecule has 1 amide bonds. The lowest BCUT2D eigenvalue weighted by atomic mass is 9.86. The van der Waals surface area contributed by atoms with E-state index in [1.165, 1.54) is 6.20 Å². The van der Waals surface area contributed by atoms with Gasteiger partial charge in [0.05, 0.1) is 17.5 Å². The summed E-state index contributed by atoms with van der Waals surface area (Å²) in [7, 11) is 0. The van der Waals surface area contributed by atoms with Gasteiger partial charge in [-0.15, -0.1) is 0 Å². The highest BCUT2D eigenvalue weighted by molar-refractivity contribution is 6.07. The van der Waals surface area contributed by atoms with Crippen LogP contribution in [0.5, 0.6) is 11.5 Å². The Kier molecular flexibility index (Phi) is 5.91. The molecular formula is C26H28N4O4. The predicted octanol–water partition coefficient (Wildman–Crippen LogP) is 4.23. The van der Waals surface area contributed by atoms with E-state index in [-0.39, 0.29) is 30.5 Å². The number of nitrogen functional groups attached to an aromatic ring is 2. The zero-order valence-corrected chi connectivity index (χ0v) is 19.7. The molecule has 0 radical (unpaired) electrons. The van der Waals surface area contributed by atoms with Crippen molar-refractivity contribution in [2.24, 2.45) is 0 Å². The fraction of sp³-hybridized carbons (Fsp3) is 0.269. The number of fused-ring (bicyclic) bond motifs is 1. The summed E-state index contributed by atoms with van der Waals surface area (Å²) in [5.74, 6) is 0.983. The predicted molar refractivity (Wildman–Crippen MR) is 132 cm³/mol. The Morgan fingerprint density at radius 2 is 1.82 bits per heavy atom. The fourth-order valence-corrected chi connectivity index (χ4v) is 4.08.